The lowest BCUT2D eigenvalue weighted by molar-refractivity contribution is -0.122. The van der Waals surface area contributed by atoms with Crippen molar-refractivity contribution in [3.63, 3.8) is 0 Å². The standard InChI is InChI=1S/C24H23FN4O2S/c25-17-5-6-22-20(13-17)19(9-12-32-22)24(31)28-14-21(26)15-1-3-16(4-2-15)23(30)29-18-7-10-27-11-8-18/h1-8,10-11,13,19,21H,9,12,14,26H2,(H,28,31)(H,27,29,30). The summed E-state index contributed by atoms with van der Waals surface area (Å²) in [6.07, 6.45) is 3.87. The van der Waals surface area contributed by atoms with E-state index in [1.807, 2.05) is 0 Å². The number of amides is 2. The molecule has 0 bridgehead atoms. The molecule has 0 saturated carbocycles. The van der Waals surface area contributed by atoms with Gasteiger partial charge in [-0.25, -0.2) is 4.39 Å². The molecule has 2 heterocycles. The van der Waals surface area contributed by atoms with Crippen LogP contribution in [0.2, 0.25) is 0 Å². The Morgan fingerprint density at radius 1 is 1.12 bits per heavy atom. The molecule has 6 nitrogen and oxygen atoms in total. The number of aromatic nitrogens is 1. The van der Waals surface area contributed by atoms with E-state index in [0.29, 0.717) is 17.7 Å². The highest BCUT2D eigenvalue weighted by atomic mass is 32.2. The second-order valence-electron chi connectivity index (χ2n) is 7.54. The van der Waals surface area contributed by atoms with Crippen LogP contribution in [-0.2, 0) is 4.79 Å². The predicted octanol–water partition coefficient (Wildman–Crippen LogP) is 3.87. The Balaban J connectivity index is 1.34. The van der Waals surface area contributed by atoms with Gasteiger partial charge >= 0.3 is 0 Å². The van der Waals surface area contributed by atoms with Gasteiger partial charge in [0.25, 0.3) is 5.91 Å². The smallest absolute Gasteiger partial charge is 0.255 e. The van der Waals surface area contributed by atoms with Gasteiger partial charge in [0.15, 0.2) is 0 Å². The third-order valence-corrected chi connectivity index (χ3v) is 6.49. The Hall–Kier alpha value is -3.23. The van der Waals surface area contributed by atoms with Crippen molar-refractivity contribution >= 4 is 29.3 Å². The molecule has 2 atom stereocenters. The number of carbonyl (C=O) groups is 2. The van der Waals surface area contributed by atoms with Crippen molar-refractivity contribution in [1.82, 2.24) is 10.3 Å². The van der Waals surface area contributed by atoms with Crippen molar-refractivity contribution in [2.24, 2.45) is 5.73 Å². The molecule has 0 fully saturated rings. The molecular formula is C24H23FN4O2S. The summed E-state index contributed by atoms with van der Waals surface area (Å²) in [5.74, 6) is -0.292. The topological polar surface area (TPSA) is 97.1 Å². The molecule has 4 rings (SSSR count). The number of anilines is 1. The van der Waals surface area contributed by atoms with Crippen LogP contribution in [0.25, 0.3) is 0 Å². The SMILES string of the molecule is NC(CNC(=O)C1CCSc2ccc(F)cc21)c1ccc(C(=O)Nc2ccncc2)cc1. The molecule has 32 heavy (non-hydrogen) atoms. The lowest BCUT2D eigenvalue weighted by Gasteiger charge is -2.25. The fraction of sp³-hybridized carbons (Fsp3) is 0.208. The summed E-state index contributed by atoms with van der Waals surface area (Å²) >= 11 is 1.64. The van der Waals surface area contributed by atoms with E-state index in [0.717, 1.165) is 21.8 Å². The highest BCUT2D eigenvalue weighted by Crippen LogP contribution is 2.38. The summed E-state index contributed by atoms with van der Waals surface area (Å²) in [4.78, 5) is 30.0. The van der Waals surface area contributed by atoms with Gasteiger partial charge in [0.05, 0.1) is 5.92 Å². The van der Waals surface area contributed by atoms with Crippen LogP contribution in [0.4, 0.5) is 10.1 Å². The number of nitrogens with zero attached hydrogens (tertiary/aromatic N) is 1. The van der Waals surface area contributed by atoms with Crippen LogP contribution in [0.15, 0.2) is 71.9 Å². The molecule has 2 unspecified atom stereocenters. The van der Waals surface area contributed by atoms with Gasteiger partial charge in [-0.15, -0.1) is 11.8 Å². The number of hydrogen-bond acceptors (Lipinski definition) is 5. The van der Waals surface area contributed by atoms with E-state index in [1.54, 1.807) is 66.6 Å². The molecule has 0 spiro atoms. The molecule has 1 aromatic heterocycles. The number of fused-ring (bicyclic) bond motifs is 1. The van der Waals surface area contributed by atoms with Crippen molar-refractivity contribution in [3.05, 3.63) is 89.5 Å². The number of nitrogens with two attached hydrogens (primary N) is 1. The van der Waals surface area contributed by atoms with Crippen LogP contribution in [0, 0.1) is 5.82 Å². The first kappa shape index (κ1) is 22.0. The van der Waals surface area contributed by atoms with E-state index in [-0.39, 0.29) is 30.1 Å². The Labute approximate surface area is 189 Å². The number of hydrogen-bond donors (Lipinski definition) is 3. The minimum Gasteiger partial charge on any atom is -0.354 e. The minimum atomic E-state index is -0.429. The van der Waals surface area contributed by atoms with Gasteiger partial charge in [0.2, 0.25) is 5.91 Å². The van der Waals surface area contributed by atoms with Crippen molar-refractivity contribution in [1.29, 1.82) is 0 Å². The summed E-state index contributed by atoms with van der Waals surface area (Å²) in [5.41, 5.74) is 8.95. The third-order valence-electron chi connectivity index (χ3n) is 5.36. The van der Waals surface area contributed by atoms with Gasteiger partial charge in [0, 0.05) is 41.1 Å². The summed E-state index contributed by atoms with van der Waals surface area (Å²) in [6, 6.07) is 14.5. The molecule has 0 saturated heterocycles. The van der Waals surface area contributed by atoms with E-state index in [2.05, 4.69) is 15.6 Å². The van der Waals surface area contributed by atoms with Gasteiger partial charge in [-0.05, 0) is 65.8 Å². The Morgan fingerprint density at radius 3 is 2.62 bits per heavy atom. The number of thioether (sulfide) groups is 1. The summed E-state index contributed by atoms with van der Waals surface area (Å²) in [7, 11) is 0. The Morgan fingerprint density at radius 2 is 1.88 bits per heavy atom. The van der Waals surface area contributed by atoms with Crippen molar-refractivity contribution in [2.45, 2.75) is 23.3 Å². The van der Waals surface area contributed by atoms with Gasteiger partial charge in [-0.3, -0.25) is 14.6 Å². The number of rotatable bonds is 6. The van der Waals surface area contributed by atoms with Crippen LogP contribution in [0.1, 0.15) is 39.9 Å². The average molecular weight is 451 g/mol. The van der Waals surface area contributed by atoms with Gasteiger partial charge in [-0.2, -0.15) is 0 Å². The number of pyridine rings is 1. The van der Waals surface area contributed by atoms with E-state index in [1.165, 1.54) is 12.1 Å². The van der Waals surface area contributed by atoms with E-state index in [9.17, 15) is 14.0 Å². The number of carbonyl (C=O) groups excluding carboxylic acids is 2. The van der Waals surface area contributed by atoms with Crippen molar-refractivity contribution in [2.75, 3.05) is 17.6 Å². The van der Waals surface area contributed by atoms with Crippen molar-refractivity contribution in [3.8, 4) is 0 Å². The molecular weight excluding hydrogens is 427 g/mol. The molecule has 164 valence electrons. The quantitative estimate of drug-likeness (QED) is 0.530. The fourth-order valence-corrected chi connectivity index (χ4v) is 4.72. The van der Waals surface area contributed by atoms with Crippen LogP contribution in [0.5, 0.6) is 0 Å². The third kappa shape index (κ3) is 5.15. The number of halogens is 1. The number of benzene rings is 2. The van der Waals surface area contributed by atoms with Crippen LogP contribution in [0.3, 0.4) is 0 Å². The first-order valence-corrected chi connectivity index (χ1v) is 11.3. The highest BCUT2D eigenvalue weighted by Gasteiger charge is 2.27. The average Bonchev–Trinajstić information content (AvgIpc) is 2.82. The van der Waals surface area contributed by atoms with Gasteiger partial charge in [0.1, 0.15) is 5.82 Å². The monoisotopic (exact) mass is 450 g/mol. The molecule has 8 heteroatoms. The zero-order chi connectivity index (χ0) is 22.5. The molecule has 1 aliphatic heterocycles. The number of nitrogens with one attached hydrogen (secondary N) is 2. The maximum absolute atomic E-state index is 13.7. The Bertz CT molecular complexity index is 1110. The lowest BCUT2D eigenvalue weighted by atomic mass is 9.94. The predicted molar refractivity (Wildman–Crippen MR) is 123 cm³/mol. The van der Waals surface area contributed by atoms with E-state index >= 15 is 0 Å². The summed E-state index contributed by atoms with van der Waals surface area (Å²) in [5, 5.41) is 5.70. The van der Waals surface area contributed by atoms with E-state index in [4.69, 9.17) is 5.73 Å². The van der Waals surface area contributed by atoms with Crippen LogP contribution >= 0.6 is 11.8 Å². The first-order chi connectivity index (χ1) is 15.5. The van der Waals surface area contributed by atoms with Gasteiger partial charge in [-0.1, -0.05) is 12.1 Å². The molecule has 2 aromatic carbocycles. The largest absolute Gasteiger partial charge is 0.354 e. The highest BCUT2D eigenvalue weighted by molar-refractivity contribution is 7.99. The molecule has 4 N–H and O–H groups in total. The maximum atomic E-state index is 13.7. The second-order valence-corrected chi connectivity index (χ2v) is 8.67. The molecule has 2 amide bonds. The summed E-state index contributed by atoms with van der Waals surface area (Å²) in [6.45, 7) is 0.246. The normalized spacial score (nSPS) is 16.0. The lowest BCUT2D eigenvalue weighted by Crippen LogP contribution is -2.36. The van der Waals surface area contributed by atoms with Crippen LogP contribution < -0.4 is 16.4 Å². The molecule has 1 aliphatic rings. The maximum Gasteiger partial charge on any atom is 0.255 e. The van der Waals surface area contributed by atoms with Crippen LogP contribution in [-0.4, -0.2) is 29.1 Å². The fourth-order valence-electron chi connectivity index (χ4n) is 3.61. The molecule has 0 aliphatic carbocycles. The zero-order valence-electron chi connectivity index (χ0n) is 17.3. The minimum absolute atomic E-state index is 0.152. The zero-order valence-corrected chi connectivity index (χ0v) is 18.1. The first-order valence-electron chi connectivity index (χ1n) is 10.3. The Kier molecular flexibility index (Phi) is 6.82. The molecule has 0 radical (unpaired) electrons. The van der Waals surface area contributed by atoms with E-state index < -0.39 is 6.04 Å². The van der Waals surface area contributed by atoms with Gasteiger partial charge < -0.3 is 16.4 Å². The summed E-state index contributed by atoms with van der Waals surface area (Å²) < 4.78 is 13.7. The van der Waals surface area contributed by atoms with Crippen molar-refractivity contribution < 1.29 is 14.0 Å². The molecule has 3 aromatic rings. The second kappa shape index (κ2) is 9.93.